The molecule has 0 saturated carbocycles. The van der Waals surface area contributed by atoms with Crippen molar-refractivity contribution in [2.24, 2.45) is 0 Å². The second-order valence-corrected chi connectivity index (χ2v) is 9.25. The van der Waals surface area contributed by atoms with Gasteiger partial charge in [0.25, 0.3) is 5.56 Å². The third kappa shape index (κ3) is 4.86. The SMILES string of the molecule is O=c1cc2c(nn1CCN1CCCCC1CNc1ncnc3c1CCCCC3)CCOC2. The molecule has 5 rings (SSSR count). The third-order valence-electron chi connectivity index (χ3n) is 7.13. The van der Waals surface area contributed by atoms with Crippen molar-refractivity contribution >= 4 is 5.82 Å². The number of hydrogen-bond donors (Lipinski definition) is 1. The molecule has 172 valence electrons. The first-order valence-electron chi connectivity index (χ1n) is 12.3. The van der Waals surface area contributed by atoms with Crippen molar-refractivity contribution < 1.29 is 4.74 Å². The second-order valence-electron chi connectivity index (χ2n) is 9.25. The third-order valence-corrected chi connectivity index (χ3v) is 7.13. The molecule has 1 aliphatic carbocycles. The van der Waals surface area contributed by atoms with Crippen LogP contribution in [-0.4, -0.2) is 56.9 Å². The molecule has 0 aromatic carbocycles. The highest BCUT2D eigenvalue weighted by atomic mass is 16.5. The van der Waals surface area contributed by atoms with Gasteiger partial charge in [0.15, 0.2) is 0 Å². The van der Waals surface area contributed by atoms with Gasteiger partial charge in [-0.05, 0) is 45.1 Å². The summed E-state index contributed by atoms with van der Waals surface area (Å²) in [7, 11) is 0. The summed E-state index contributed by atoms with van der Waals surface area (Å²) in [6.45, 7) is 4.62. The molecule has 4 heterocycles. The van der Waals surface area contributed by atoms with Crippen LogP contribution in [0.25, 0.3) is 0 Å². The maximum absolute atomic E-state index is 12.5. The van der Waals surface area contributed by atoms with E-state index in [9.17, 15) is 4.79 Å². The number of ether oxygens (including phenoxy) is 1. The standard InChI is InChI=1S/C24H34N6O2/c31-23-14-18-16-32-13-9-21(18)28-30(23)12-11-29-10-5-4-6-19(29)15-25-24-20-7-2-1-3-8-22(20)26-17-27-24/h14,17,19H,1-13,15-16H2,(H,25,26,27). The van der Waals surface area contributed by atoms with Crippen LogP contribution in [0.2, 0.25) is 0 Å². The van der Waals surface area contributed by atoms with Gasteiger partial charge < -0.3 is 10.1 Å². The van der Waals surface area contributed by atoms with E-state index in [4.69, 9.17) is 4.74 Å². The van der Waals surface area contributed by atoms with Gasteiger partial charge in [0.2, 0.25) is 0 Å². The summed E-state index contributed by atoms with van der Waals surface area (Å²) < 4.78 is 7.10. The summed E-state index contributed by atoms with van der Waals surface area (Å²) in [5, 5.41) is 8.30. The molecular formula is C24H34N6O2. The zero-order valence-corrected chi connectivity index (χ0v) is 18.9. The number of hydrogen-bond acceptors (Lipinski definition) is 7. The molecular weight excluding hydrogens is 404 g/mol. The molecule has 1 saturated heterocycles. The topological polar surface area (TPSA) is 85.2 Å². The van der Waals surface area contributed by atoms with Gasteiger partial charge in [-0.2, -0.15) is 5.10 Å². The summed E-state index contributed by atoms with van der Waals surface area (Å²) in [6.07, 6.45) is 12.0. The van der Waals surface area contributed by atoms with Crippen LogP contribution in [0.4, 0.5) is 5.82 Å². The zero-order valence-electron chi connectivity index (χ0n) is 18.9. The number of likely N-dealkylation sites (tertiary alicyclic amines) is 1. The molecule has 2 aromatic heterocycles. The van der Waals surface area contributed by atoms with E-state index in [0.29, 0.717) is 25.8 Å². The number of rotatable bonds is 6. The molecule has 1 N–H and O–H groups in total. The summed E-state index contributed by atoms with van der Waals surface area (Å²) >= 11 is 0. The minimum Gasteiger partial charge on any atom is -0.376 e. The highest BCUT2D eigenvalue weighted by Crippen LogP contribution is 2.25. The Bertz CT molecular complexity index is 991. The second kappa shape index (κ2) is 10.1. The summed E-state index contributed by atoms with van der Waals surface area (Å²) in [4.78, 5) is 24.2. The van der Waals surface area contributed by atoms with Gasteiger partial charge in [0, 0.05) is 48.4 Å². The highest BCUT2D eigenvalue weighted by Gasteiger charge is 2.24. The molecule has 0 amide bonds. The Morgan fingerprint density at radius 3 is 2.94 bits per heavy atom. The fraction of sp³-hybridized carbons (Fsp3) is 0.667. The van der Waals surface area contributed by atoms with Gasteiger partial charge >= 0.3 is 0 Å². The van der Waals surface area contributed by atoms with E-state index in [0.717, 1.165) is 56.0 Å². The fourth-order valence-electron chi connectivity index (χ4n) is 5.29. The molecule has 32 heavy (non-hydrogen) atoms. The van der Waals surface area contributed by atoms with Crippen LogP contribution in [0.15, 0.2) is 17.2 Å². The monoisotopic (exact) mass is 438 g/mol. The minimum absolute atomic E-state index is 0.0235. The van der Waals surface area contributed by atoms with Gasteiger partial charge in [-0.3, -0.25) is 9.69 Å². The van der Waals surface area contributed by atoms with Crippen molar-refractivity contribution in [3.05, 3.63) is 45.3 Å². The van der Waals surface area contributed by atoms with E-state index in [-0.39, 0.29) is 5.56 Å². The predicted octanol–water partition coefficient (Wildman–Crippen LogP) is 2.34. The molecule has 2 aliphatic heterocycles. The smallest absolute Gasteiger partial charge is 0.267 e. The van der Waals surface area contributed by atoms with Crippen LogP contribution in [-0.2, 0) is 37.2 Å². The molecule has 8 heteroatoms. The van der Waals surface area contributed by atoms with E-state index in [1.54, 1.807) is 17.1 Å². The maximum Gasteiger partial charge on any atom is 0.267 e. The first kappa shape index (κ1) is 21.5. The average molecular weight is 439 g/mol. The molecule has 0 spiro atoms. The largest absolute Gasteiger partial charge is 0.376 e. The summed E-state index contributed by atoms with van der Waals surface area (Å²) in [5.74, 6) is 1.03. The lowest BCUT2D eigenvalue weighted by Gasteiger charge is -2.36. The molecule has 0 radical (unpaired) electrons. The van der Waals surface area contributed by atoms with Crippen molar-refractivity contribution in [3.63, 3.8) is 0 Å². The van der Waals surface area contributed by atoms with Crippen LogP contribution in [0.5, 0.6) is 0 Å². The van der Waals surface area contributed by atoms with Crippen LogP contribution >= 0.6 is 0 Å². The Hall–Kier alpha value is -2.32. The maximum atomic E-state index is 12.5. The lowest BCUT2D eigenvalue weighted by atomic mass is 10.0. The Labute approximate surface area is 189 Å². The number of fused-ring (bicyclic) bond motifs is 2. The molecule has 1 fully saturated rings. The molecule has 1 atom stereocenters. The van der Waals surface area contributed by atoms with E-state index >= 15 is 0 Å². The van der Waals surface area contributed by atoms with Crippen molar-refractivity contribution in [3.8, 4) is 0 Å². The zero-order chi connectivity index (χ0) is 21.8. The quantitative estimate of drug-likeness (QED) is 0.693. The Kier molecular flexibility index (Phi) is 6.78. The number of nitrogens with zero attached hydrogens (tertiary/aromatic N) is 5. The van der Waals surface area contributed by atoms with Gasteiger partial charge in [-0.25, -0.2) is 14.6 Å². The lowest BCUT2D eigenvalue weighted by Crippen LogP contribution is -2.46. The van der Waals surface area contributed by atoms with E-state index in [1.165, 1.54) is 49.8 Å². The van der Waals surface area contributed by atoms with Crippen LogP contribution in [0.1, 0.15) is 61.0 Å². The Morgan fingerprint density at radius 1 is 1.03 bits per heavy atom. The van der Waals surface area contributed by atoms with Gasteiger partial charge in [-0.15, -0.1) is 0 Å². The number of anilines is 1. The molecule has 2 aromatic rings. The molecule has 0 bridgehead atoms. The van der Waals surface area contributed by atoms with Crippen LogP contribution in [0.3, 0.4) is 0 Å². The van der Waals surface area contributed by atoms with Gasteiger partial charge in [0.1, 0.15) is 12.1 Å². The van der Waals surface area contributed by atoms with Crippen LogP contribution < -0.4 is 10.9 Å². The molecule has 8 nitrogen and oxygen atoms in total. The summed E-state index contributed by atoms with van der Waals surface area (Å²) in [6, 6.07) is 2.15. The number of aryl methyl sites for hydroxylation is 1. The lowest BCUT2D eigenvalue weighted by molar-refractivity contribution is 0.107. The van der Waals surface area contributed by atoms with Crippen molar-refractivity contribution in [2.75, 3.05) is 31.6 Å². The van der Waals surface area contributed by atoms with Crippen molar-refractivity contribution in [1.29, 1.82) is 0 Å². The average Bonchev–Trinajstić information content (AvgIpc) is 3.08. The van der Waals surface area contributed by atoms with E-state index in [1.807, 2.05) is 0 Å². The first-order chi connectivity index (χ1) is 15.8. The van der Waals surface area contributed by atoms with Gasteiger partial charge in [-0.1, -0.05) is 12.8 Å². The molecule has 3 aliphatic rings. The first-order valence-corrected chi connectivity index (χ1v) is 12.3. The normalized spacial score (nSPS) is 21.4. The highest BCUT2D eigenvalue weighted by molar-refractivity contribution is 5.46. The van der Waals surface area contributed by atoms with Gasteiger partial charge in [0.05, 0.1) is 25.5 Å². The van der Waals surface area contributed by atoms with E-state index < -0.39 is 0 Å². The molecule has 1 unspecified atom stereocenters. The van der Waals surface area contributed by atoms with E-state index in [2.05, 4.69) is 25.3 Å². The fourth-order valence-corrected chi connectivity index (χ4v) is 5.29. The van der Waals surface area contributed by atoms with Crippen molar-refractivity contribution in [1.82, 2.24) is 24.6 Å². The minimum atomic E-state index is -0.0235. The predicted molar refractivity (Wildman–Crippen MR) is 123 cm³/mol. The van der Waals surface area contributed by atoms with Crippen LogP contribution in [0, 0.1) is 0 Å². The Morgan fingerprint density at radius 2 is 1.97 bits per heavy atom. The number of nitrogens with one attached hydrogen (secondary N) is 1. The summed E-state index contributed by atoms with van der Waals surface area (Å²) in [5.41, 5.74) is 4.48. The number of piperidine rings is 1. The number of aromatic nitrogens is 4. The van der Waals surface area contributed by atoms with Crippen molar-refractivity contribution in [2.45, 2.75) is 77.0 Å². The Balaban J connectivity index is 1.23.